The van der Waals surface area contributed by atoms with Crippen LogP contribution in [0.3, 0.4) is 0 Å². The molecule has 93 valence electrons. The van der Waals surface area contributed by atoms with Gasteiger partial charge in [-0.2, -0.15) is 0 Å². The van der Waals surface area contributed by atoms with E-state index >= 15 is 0 Å². The van der Waals surface area contributed by atoms with Crippen molar-refractivity contribution < 1.29 is 4.74 Å². The van der Waals surface area contributed by atoms with Crippen molar-refractivity contribution in [1.82, 2.24) is 9.88 Å². The monoisotopic (exact) mass is 259 g/mol. The smallest absolute Gasteiger partial charge is 0.107 e. The van der Waals surface area contributed by atoms with Gasteiger partial charge in [0.2, 0.25) is 0 Å². The second kappa shape index (κ2) is 5.61. The number of nitrogens with zero attached hydrogens (tertiary/aromatic N) is 2. The Kier molecular flexibility index (Phi) is 3.69. The van der Waals surface area contributed by atoms with Gasteiger partial charge in [0.15, 0.2) is 0 Å². The molecule has 1 aliphatic heterocycles. The maximum Gasteiger partial charge on any atom is 0.107 e. The van der Waals surface area contributed by atoms with Crippen molar-refractivity contribution in [1.29, 1.82) is 0 Å². The highest BCUT2D eigenvalue weighted by atomic mass is 32.1. The maximum absolute atomic E-state index is 5.35. The summed E-state index contributed by atoms with van der Waals surface area (Å²) in [5.74, 6) is 0. The zero-order chi connectivity index (χ0) is 12.2. The molecule has 3 nitrogen and oxygen atoms in total. The number of hydrogen-bond acceptors (Lipinski definition) is 4. The number of hydrogen-bond donors (Lipinski definition) is 0. The molecule has 3 rings (SSSR count). The molecular formula is C14H15N2OS. The average molecular weight is 259 g/mol. The number of morpholine rings is 1. The molecule has 1 radical (unpaired) electrons. The van der Waals surface area contributed by atoms with Crippen molar-refractivity contribution in [2.24, 2.45) is 0 Å². The average Bonchev–Trinajstić information content (AvgIpc) is 2.89. The van der Waals surface area contributed by atoms with Gasteiger partial charge in [0.05, 0.1) is 25.5 Å². The summed E-state index contributed by atoms with van der Waals surface area (Å²) in [6, 6.07) is 11.0. The van der Waals surface area contributed by atoms with E-state index in [1.807, 2.05) is 24.3 Å². The lowest BCUT2D eigenvalue weighted by atomic mass is 10.2. The topological polar surface area (TPSA) is 25.4 Å². The van der Waals surface area contributed by atoms with Gasteiger partial charge in [-0.25, -0.2) is 4.98 Å². The highest BCUT2D eigenvalue weighted by Crippen LogP contribution is 2.22. The Morgan fingerprint density at radius 2 is 2.06 bits per heavy atom. The molecule has 0 atom stereocenters. The normalized spacial score (nSPS) is 16.9. The van der Waals surface area contributed by atoms with E-state index in [4.69, 9.17) is 9.72 Å². The Labute approximate surface area is 111 Å². The fourth-order valence-corrected chi connectivity index (χ4v) is 2.87. The third kappa shape index (κ3) is 2.77. The van der Waals surface area contributed by atoms with Crippen LogP contribution in [0.1, 0.15) is 5.01 Å². The summed E-state index contributed by atoms with van der Waals surface area (Å²) in [6.07, 6.45) is 0. The van der Waals surface area contributed by atoms with Gasteiger partial charge in [-0.1, -0.05) is 24.3 Å². The van der Waals surface area contributed by atoms with Crippen molar-refractivity contribution in [3.63, 3.8) is 0 Å². The highest BCUT2D eigenvalue weighted by Gasteiger charge is 2.13. The van der Waals surface area contributed by atoms with Crippen molar-refractivity contribution in [2.75, 3.05) is 26.3 Å². The Balaban J connectivity index is 1.69. The van der Waals surface area contributed by atoms with E-state index in [-0.39, 0.29) is 0 Å². The van der Waals surface area contributed by atoms with E-state index in [1.165, 1.54) is 10.6 Å². The van der Waals surface area contributed by atoms with Gasteiger partial charge in [0.1, 0.15) is 5.01 Å². The predicted molar refractivity (Wildman–Crippen MR) is 72.5 cm³/mol. The van der Waals surface area contributed by atoms with Crippen LogP contribution in [-0.2, 0) is 11.3 Å². The van der Waals surface area contributed by atoms with Gasteiger partial charge >= 0.3 is 0 Å². The van der Waals surface area contributed by atoms with Crippen molar-refractivity contribution in [2.45, 2.75) is 6.54 Å². The Morgan fingerprint density at radius 3 is 2.83 bits per heavy atom. The molecule has 0 saturated carbocycles. The molecule has 2 aromatic rings. The third-order valence-electron chi connectivity index (χ3n) is 3.03. The summed E-state index contributed by atoms with van der Waals surface area (Å²) in [5, 5.41) is 3.31. The van der Waals surface area contributed by atoms with E-state index in [0.29, 0.717) is 0 Å². The van der Waals surface area contributed by atoms with Crippen LogP contribution in [0.25, 0.3) is 11.3 Å². The fraction of sp³-hybridized carbons (Fsp3) is 0.357. The number of aromatic nitrogens is 1. The minimum atomic E-state index is 0.840. The zero-order valence-electron chi connectivity index (χ0n) is 10.1. The molecule has 1 aromatic carbocycles. The predicted octanol–water partition coefficient (Wildman–Crippen LogP) is 2.44. The van der Waals surface area contributed by atoms with E-state index < -0.39 is 0 Å². The van der Waals surface area contributed by atoms with Crippen molar-refractivity contribution in [3.8, 4) is 11.3 Å². The molecule has 1 saturated heterocycles. The summed E-state index contributed by atoms with van der Waals surface area (Å²) in [5.41, 5.74) is 2.23. The molecule has 0 N–H and O–H groups in total. The van der Waals surface area contributed by atoms with Crippen LogP contribution in [0, 0.1) is 6.07 Å². The van der Waals surface area contributed by atoms with E-state index in [2.05, 4.69) is 16.3 Å². The zero-order valence-corrected chi connectivity index (χ0v) is 10.9. The van der Waals surface area contributed by atoms with Crippen LogP contribution in [0.2, 0.25) is 0 Å². The molecule has 0 spiro atoms. The number of thiazole rings is 1. The van der Waals surface area contributed by atoms with Crippen LogP contribution in [0.5, 0.6) is 0 Å². The molecule has 1 aromatic heterocycles. The fourth-order valence-electron chi connectivity index (χ4n) is 2.02. The van der Waals surface area contributed by atoms with Crippen molar-refractivity contribution >= 4 is 11.3 Å². The van der Waals surface area contributed by atoms with Crippen LogP contribution in [0.4, 0.5) is 0 Å². The second-order valence-electron chi connectivity index (χ2n) is 4.30. The summed E-state index contributed by atoms with van der Waals surface area (Å²) in [6.45, 7) is 4.64. The molecule has 18 heavy (non-hydrogen) atoms. The quantitative estimate of drug-likeness (QED) is 0.846. The summed E-state index contributed by atoms with van der Waals surface area (Å²) >= 11 is 1.73. The lowest BCUT2D eigenvalue weighted by Gasteiger charge is -2.25. The van der Waals surface area contributed by atoms with E-state index in [9.17, 15) is 0 Å². The first-order valence-electron chi connectivity index (χ1n) is 6.13. The third-order valence-corrected chi connectivity index (χ3v) is 3.86. The molecule has 0 aliphatic carbocycles. The van der Waals surface area contributed by atoms with E-state index in [1.54, 1.807) is 11.3 Å². The maximum atomic E-state index is 5.35. The summed E-state index contributed by atoms with van der Waals surface area (Å²) < 4.78 is 5.35. The number of ether oxygens (including phenoxy) is 1. The lowest BCUT2D eigenvalue weighted by Crippen LogP contribution is -2.35. The van der Waals surface area contributed by atoms with Gasteiger partial charge in [0, 0.05) is 24.0 Å². The Hall–Kier alpha value is -1.23. The molecule has 1 fully saturated rings. The van der Waals surface area contributed by atoms with Gasteiger partial charge in [-0.15, -0.1) is 11.3 Å². The number of benzene rings is 1. The minimum absolute atomic E-state index is 0.840. The molecule has 1 aliphatic rings. The van der Waals surface area contributed by atoms with Crippen LogP contribution in [0.15, 0.2) is 29.6 Å². The number of rotatable bonds is 3. The standard InChI is InChI=1S/C14H15N2OS/c1-2-4-12(5-3-1)13-11-18-14(15-13)10-16-6-8-17-9-7-16/h2-5,11H,6-10H2. The summed E-state index contributed by atoms with van der Waals surface area (Å²) in [4.78, 5) is 7.09. The van der Waals surface area contributed by atoms with Crippen LogP contribution < -0.4 is 0 Å². The van der Waals surface area contributed by atoms with Crippen LogP contribution in [-0.4, -0.2) is 36.2 Å². The molecule has 0 amide bonds. The SMILES string of the molecule is [c]1ccc(-c2csc(CN3CCOCC3)n2)cc1. The minimum Gasteiger partial charge on any atom is -0.379 e. The first kappa shape index (κ1) is 11.8. The Bertz CT molecular complexity index is 492. The lowest BCUT2D eigenvalue weighted by molar-refractivity contribution is 0.0342. The van der Waals surface area contributed by atoms with Gasteiger partial charge < -0.3 is 4.74 Å². The Morgan fingerprint density at radius 1 is 1.28 bits per heavy atom. The molecule has 0 unspecified atom stereocenters. The first-order valence-corrected chi connectivity index (χ1v) is 7.01. The van der Waals surface area contributed by atoms with E-state index in [0.717, 1.165) is 38.5 Å². The molecule has 4 heteroatoms. The van der Waals surface area contributed by atoms with Gasteiger partial charge in [0.25, 0.3) is 0 Å². The highest BCUT2D eigenvalue weighted by molar-refractivity contribution is 7.09. The molecule has 2 heterocycles. The largest absolute Gasteiger partial charge is 0.379 e. The summed E-state index contributed by atoms with van der Waals surface area (Å²) in [7, 11) is 0. The van der Waals surface area contributed by atoms with Gasteiger partial charge in [-0.05, 0) is 6.07 Å². The molecular weight excluding hydrogens is 244 g/mol. The second-order valence-corrected chi connectivity index (χ2v) is 5.25. The van der Waals surface area contributed by atoms with Crippen molar-refractivity contribution in [3.05, 3.63) is 40.7 Å². The van der Waals surface area contributed by atoms with Gasteiger partial charge in [-0.3, -0.25) is 4.90 Å². The van der Waals surface area contributed by atoms with Crippen LogP contribution >= 0.6 is 11.3 Å². The first-order chi connectivity index (χ1) is 8.92. The molecule has 0 bridgehead atoms.